The largest absolute Gasteiger partial charge is 0.445 e. The maximum atomic E-state index is 13.3. The van der Waals surface area contributed by atoms with Gasteiger partial charge in [0.05, 0.1) is 30.2 Å². The van der Waals surface area contributed by atoms with E-state index in [0.717, 1.165) is 0 Å². The zero-order valence-corrected chi connectivity index (χ0v) is 29.0. The van der Waals surface area contributed by atoms with Crippen LogP contribution < -0.4 is 5.32 Å². The van der Waals surface area contributed by atoms with Gasteiger partial charge in [-0.15, -0.1) is 0 Å². The number of nitrogens with zero attached hydrogens (tertiary/aromatic N) is 1. The average molecular weight is 595 g/mol. The van der Waals surface area contributed by atoms with E-state index in [1.54, 1.807) is 11.8 Å². The normalized spacial score (nSPS) is 25.2. The summed E-state index contributed by atoms with van der Waals surface area (Å²) < 4.78 is 18.5. The molecule has 228 valence electrons. The minimum atomic E-state index is -2.06. The number of likely N-dealkylation sites (tertiary alicyclic amines) is 1. The zero-order chi connectivity index (χ0) is 30.8. The predicted octanol–water partition coefficient (Wildman–Crippen LogP) is 6.20. The fourth-order valence-corrected chi connectivity index (χ4v) is 7.50. The molecule has 40 heavy (non-hydrogen) atoms. The molecule has 8 nitrogen and oxygen atoms in total. The Morgan fingerprint density at radius 1 is 1.10 bits per heavy atom. The van der Waals surface area contributed by atoms with Crippen LogP contribution in [0.4, 0.5) is 4.79 Å². The van der Waals surface area contributed by atoms with Gasteiger partial charge in [0.1, 0.15) is 6.61 Å². The lowest BCUT2D eigenvalue weighted by atomic mass is 9.82. The first-order valence-electron chi connectivity index (χ1n) is 14.5. The van der Waals surface area contributed by atoms with Crippen LogP contribution in [0.15, 0.2) is 24.3 Å². The van der Waals surface area contributed by atoms with E-state index in [4.69, 9.17) is 13.6 Å². The number of Topliss-reactive ketones (excluding diaryl/α,β-unsaturated/α-hetero) is 1. The van der Waals surface area contributed by atoms with Crippen molar-refractivity contribution in [3.05, 3.63) is 24.3 Å². The van der Waals surface area contributed by atoms with E-state index in [1.807, 2.05) is 13.0 Å². The van der Waals surface area contributed by atoms with E-state index in [2.05, 4.69) is 79.6 Å². The van der Waals surface area contributed by atoms with Gasteiger partial charge in [-0.25, -0.2) is 4.79 Å². The SMILES string of the molecule is C=CCOC(=O)N1CC(O[Si](C)(C)C(C)(C)C)CC1C=C(C)C(=O)CC1NC(=O)C1C(C)O[Si](C)(C)C(C)(C)C. The second kappa shape index (κ2) is 12.6. The zero-order valence-electron chi connectivity index (χ0n) is 27.0. The van der Waals surface area contributed by atoms with Crippen LogP contribution in [0.1, 0.15) is 68.2 Å². The highest BCUT2D eigenvalue weighted by molar-refractivity contribution is 6.74. The summed E-state index contributed by atoms with van der Waals surface area (Å²) >= 11 is 0. The van der Waals surface area contributed by atoms with Crippen LogP contribution in [0.3, 0.4) is 0 Å². The Morgan fingerprint density at radius 3 is 2.17 bits per heavy atom. The van der Waals surface area contributed by atoms with Gasteiger partial charge in [-0.1, -0.05) is 60.3 Å². The van der Waals surface area contributed by atoms with Gasteiger partial charge in [0, 0.05) is 13.0 Å². The smallest absolute Gasteiger partial charge is 0.410 e. The fourth-order valence-electron chi connectivity index (χ4n) is 4.72. The molecule has 0 aromatic rings. The monoisotopic (exact) mass is 594 g/mol. The van der Waals surface area contributed by atoms with Crippen molar-refractivity contribution < 1.29 is 28.0 Å². The molecule has 2 aliphatic heterocycles. The molecule has 0 aromatic carbocycles. The fraction of sp³-hybridized carbons (Fsp3) is 0.767. The van der Waals surface area contributed by atoms with E-state index in [0.29, 0.717) is 18.5 Å². The predicted molar refractivity (Wildman–Crippen MR) is 165 cm³/mol. The molecule has 0 aromatic heterocycles. The Labute approximate surface area is 244 Å². The summed E-state index contributed by atoms with van der Waals surface area (Å²) in [7, 11) is -4.12. The minimum absolute atomic E-state index is 0.0261. The highest BCUT2D eigenvalue weighted by Crippen LogP contribution is 2.40. The molecule has 2 saturated heterocycles. The number of amides is 2. The molecule has 2 rings (SSSR count). The number of hydrogen-bond acceptors (Lipinski definition) is 6. The quantitative estimate of drug-likeness (QED) is 0.132. The number of β-lactam (4-membered cyclic amide) rings is 1. The van der Waals surface area contributed by atoms with Gasteiger partial charge in [0.2, 0.25) is 5.91 Å². The molecule has 2 fully saturated rings. The first kappa shape index (κ1) is 34.4. The molecule has 0 bridgehead atoms. The Balaban J connectivity index is 2.15. The van der Waals surface area contributed by atoms with Crippen molar-refractivity contribution in [2.24, 2.45) is 5.92 Å². The van der Waals surface area contributed by atoms with Gasteiger partial charge in [-0.2, -0.15) is 0 Å². The van der Waals surface area contributed by atoms with Gasteiger partial charge >= 0.3 is 6.09 Å². The van der Waals surface area contributed by atoms with Crippen molar-refractivity contribution in [2.75, 3.05) is 13.2 Å². The lowest BCUT2D eigenvalue weighted by Crippen LogP contribution is -2.64. The number of allylic oxidation sites excluding steroid dienone is 1. The maximum Gasteiger partial charge on any atom is 0.410 e. The number of carbonyl (C=O) groups excluding carboxylic acids is 3. The van der Waals surface area contributed by atoms with Crippen LogP contribution in [0, 0.1) is 5.92 Å². The van der Waals surface area contributed by atoms with E-state index in [-0.39, 0.29) is 65.0 Å². The summed E-state index contributed by atoms with van der Waals surface area (Å²) in [6.07, 6.45) is 3.35. The molecule has 0 saturated carbocycles. The van der Waals surface area contributed by atoms with Crippen LogP contribution in [-0.4, -0.2) is 76.8 Å². The van der Waals surface area contributed by atoms with E-state index >= 15 is 0 Å². The van der Waals surface area contributed by atoms with E-state index in [1.165, 1.54) is 6.08 Å². The molecule has 5 atom stereocenters. The van der Waals surface area contributed by atoms with Crippen molar-refractivity contribution in [3.63, 3.8) is 0 Å². The number of nitrogens with one attached hydrogen (secondary N) is 1. The van der Waals surface area contributed by atoms with Crippen molar-refractivity contribution >= 4 is 34.4 Å². The first-order chi connectivity index (χ1) is 18.1. The third-order valence-electron chi connectivity index (χ3n) is 9.28. The molecule has 2 aliphatic rings. The summed E-state index contributed by atoms with van der Waals surface area (Å²) in [5.74, 6) is -0.476. The van der Waals surface area contributed by atoms with Crippen LogP contribution in [0.2, 0.25) is 36.3 Å². The Hall–Kier alpha value is -1.76. The first-order valence-corrected chi connectivity index (χ1v) is 20.3. The standard InChI is InChI=1S/C30H54N2O6Si2/c1-14-15-36-28(35)32-19-23(38-40(12,13)30(7,8)9)17-22(32)16-20(2)25(33)18-24-26(27(34)31-24)21(3)37-39(10,11)29(4,5)6/h14,16,21-24,26H,1,15,17-19H2,2-13H3,(H,31,34). The number of ketones is 1. The van der Waals surface area contributed by atoms with Crippen molar-refractivity contribution in [2.45, 2.75) is 129 Å². The summed E-state index contributed by atoms with van der Waals surface area (Å²) in [6.45, 7) is 29.7. The molecular weight excluding hydrogens is 541 g/mol. The second-order valence-corrected chi connectivity index (χ2v) is 24.0. The lowest BCUT2D eigenvalue weighted by Gasteiger charge is -2.45. The third-order valence-corrected chi connectivity index (χ3v) is 18.4. The number of ether oxygens (including phenoxy) is 1. The molecule has 0 spiro atoms. The van der Waals surface area contributed by atoms with Crippen molar-refractivity contribution in [1.82, 2.24) is 10.2 Å². The topological polar surface area (TPSA) is 94.2 Å². The van der Waals surface area contributed by atoms with Crippen LogP contribution in [0.5, 0.6) is 0 Å². The summed E-state index contributed by atoms with van der Waals surface area (Å²) in [6, 6.07) is -0.585. The van der Waals surface area contributed by atoms with Gasteiger partial charge in [-0.3, -0.25) is 14.5 Å². The lowest BCUT2D eigenvalue weighted by molar-refractivity contribution is -0.141. The summed E-state index contributed by atoms with van der Waals surface area (Å²) in [5, 5.41) is 2.98. The summed E-state index contributed by atoms with van der Waals surface area (Å²) in [4.78, 5) is 40.4. The van der Waals surface area contributed by atoms with Crippen molar-refractivity contribution in [3.8, 4) is 0 Å². The van der Waals surface area contributed by atoms with Gasteiger partial charge < -0.3 is 18.9 Å². The molecule has 5 unspecified atom stereocenters. The van der Waals surface area contributed by atoms with E-state index in [9.17, 15) is 14.4 Å². The molecule has 0 radical (unpaired) electrons. The molecule has 0 aliphatic carbocycles. The summed E-state index contributed by atoms with van der Waals surface area (Å²) in [5.41, 5.74) is 0.567. The number of carbonyl (C=O) groups is 3. The van der Waals surface area contributed by atoms with Gasteiger partial charge in [0.15, 0.2) is 22.4 Å². The molecular formula is C30H54N2O6Si2. The van der Waals surface area contributed by atoms with Gasteiger partial charge in [0.25, 0.3) is 0 Å². The highest BCUT2D eigenvalue weighted by Gasteiger charge is 2.48. The third kappa shape index (κ3) is 8.17. The van der Waals surface area contributed by atoms with E-state index < -0.39 is 22.7 Å². The van der Waals surface area contributed by atoms with Gasteiger partial charge in [-0.05, 0) is 62.1 Å². The molecule has 10 heteroatoms. The second-order valence-electron chi connectivity index (χ2n) is 14.5. The maximum absolute atomic E-state index is 13.3. The Bertz CT molecular complexity index is 995. The average Bonchev–Trinajstić information content (AvgIpc) is 3.16. The molecule has 2 heterocycles. The number of rotatable bonds is 11. The van der Waals surface area contributed by atoms with Crippen LogP contribution >= 0.6 is 0 Å². The van der Waals surface area contributed by atoms with Crippen LogP contribution in [0.25, 0.3) is 0 Å². The highest BCUT2D eigenvalue weighted by atomic mass is 28.4. The Morgan fingerprint density at radius 2 is 1.68 bits per heavy atom. The number of hydrogen-bond donors (Lipinski definition) is 1. The Kier molecular flexibility index (Phi) is 10.9. The minimum Gasteiger partial charge on any atom is -0.445 e. The molecule has 2 amide bonds. The van der Waals surface area contributed by atoms with Crippen molar-refractivity contribution in [1.29, 1.82) is 0 Å². The molecule has 1 N–H and O–H groups in total. The van der Waals surface area contributed by atoms with Crippen LogP contribution in [-0.2, 0) is 23.2 Å².